The van der Waals surface area contributed by atoms with Gasteiger partial charge in [-0.2, -0.15) is 0 Å². The molecule has 2 heterocycles. The van der Waals surface area contributed by atoms with Crippen LogP contribution in [0, 0.1) is 0 Å². The van der Waals surface area contributed by atoms with Crippen LogP contribution in [0.5, 0.6) is 5.75 Å². The van der Waals surface area contributed by atoms with Crippen LogP contribution in [-0.4, -0.2) is 59.2 Å². The summed E-state index contributed by atoms with van der Waals surface area (Å²) in [5.41, 5.74) is 6.95. The number of carbonyl (C=O) groups is 1. The number of aromatic hydroxyl groups is 1. The first-order valence-corrected chi connectivity index (χ1v) is 9.43. The summed E-state index contributed by atoms with van der Waals surface area (Å²) in [6.07, 6.45) is 5.19. The van der Waals surface area contributed by atoms with Crippen LogP contribution in [0.2, 0.25) is 0 Å². The summed E-state index contributed by atoms with van der Waals surface area (Å²) < 4.78 is 0. The molecule has 3 rings (SSSR count). The molecule has 1 atom stereocenters. The maximum atomic E-state index is 12.6. The van der Waals surface area contributed by atoms with Crippen molar-refractivity contribution < 1.29 is 9.90 Å². The fourth-order valence-corrected chi connectivity index (χ4v) is 3.92. The highest BCUT2D eigenvalue weighted by Crippen LogP contribution is 2.19. The van der Waals surface area contributed by atoms with Crippen molar-refractivity contribution >= 4 is 6.03 Å². The highest BCUT2D eigenvalue weighted by Gasteiger charge is 2.28. The number of hydrogen-bond acceptors (Lipinski definition) is 4. The Balaban J connectivity index is 1.45. The van der Waals surface area contributed by atoms with E-state index in [0.717, 1.165) is 57.4 Å². The third-order valence-electron chi connectivity index (χ3n) is 5.39. The molecule has 0 saturated carbocycles. The number of carbonyl (C=O) groups excluding carboxylic acids is 1. The van der Waals surface area contributed by atoms with Gasteiger partial charge in [-0.15, -0.1) is 0 Å². The first-order chi connectivity index (χ1) is 12.2. The molecule has 2 amide bonds. The second-order valence-electron chi connectivity index (χ2n) is 7.25. The summed E-state index contributed by atoms with van der Waals surface area (Å²) in [7, 11) is 0. The van der Waals surface area contributed by atoms with Gasteiger partial charge < -0.3 is 21.1 Å². The fourth-order valence-electron chi connectivity index (χ4n) is 3.92. The van der Waals surface area contributed by atoms with Crippen molar-refractivity contribution in [3.63, 3.8) is 0 Å². The van der Waals surface area contributed by atoms with E-state index in [4.69, 9.17) is 5.73 Å². The number of nitrogens with one attached hydrogen (secondary N) is 1. The van der Waals surface area contributed by atoms with Crippen LogP contribution in [0.3, 0.4) is 0 Å². The predicted octanol–water partition coefficient (Wildman–Crippen LogP) is 1.88. The van der Waals surface area contributed by atoms with Crippen LogP contribution in [0.4, 0.5) is 4.79 Å². The van der Waals surface area contributed by atoms with Gasteiger partial charge in [-0.25, -0.2) is 4.79 Å². The van der Waals surface area contributed by atoms with Gasteiger partial charge >= 0.3 is 6.03 Å². The largest absolute Gasteiger partial charge is 0.508 e. The molecule has 0 spiro atoms. The van der Waals surface area contributed by atoms with Crippen molar-refractivity contribution in [1.29, 1.82) is 0 Å². The van der Waals surface area contributed by atoms with Crippen molar-refractivity contribution in [3.05, 3.63) is 29.8 Å². The molecule has 1 aromatic carbocycles. The minimum atomic E-state index is 0.0570. The highest BCUT2D eigenvalue weighted by atomic mass is 16.3. The van der Waals surface area contributed by atoms with E-state index < -0.39 is 0 Å². The van der Waals surface area contributed by atoms with Crippen molar-refractivity contribution in [2.75, 3.05) is 26.2 Å². The molecule has 2 aliphatic rings. The van der Waals surface area contributed by atoms with Crippen LogP contribution in [0.1, 0.15) is 37.7 Å². The smallest absolute Gasteiger partial charge is 0.317 e. The normalized spacial score (nSPS) is 22.8. The van der Waals surface area contributed by atoms with Gasteiger partial charge in [-0.05, 0) is 49.8 Å². The topological polar surface area (TPSA) is 81.8 Å². The Morgan fingerprint density at radius 3 is 2.72 bits per heavy atom. The van der Waals surface area contributed by atoms with E-state index in [0.29, 0.717) is 12.3 Å². The maximum absolute atomic E-state index is 12.6. The summed E-state index contributed by atoms with van der Waals surface area (Å²) >= 11 is 0. The molecular formula is C19H30N4O2. The van der Waals surface area contributed by atoms with E-state index in [9.17, 15) is 9.90 Å². The van der Waals surface area contributed by atoms with Gasteiger partial charge in [-0.3, -0.25) is 4.90 Å². The number of benzene rings is 1. The molecule has 1 aromatic rings. The van der Waals surface area contributed by atoms with Crippen LogP contribution in [-0.2, 0) is 6.54 Å². The van der Waals surface area contributed by atoms with Crippen molar-refractivity contribution in [1.82, 2.24) is 15.1 Å². The van der Waals surface area contributed by atoms with E-state index in [1.807, 2.05) is 23.1 Å². The Morgan fingerprint density at radius 2 is 2.00 bits per heavy atom. The summed E-state index contributed by atoms with van der Waals surface area (Å²) in [5, 5.41) is 12.8. The summed E-state index contributed by atoms with van der Waals surface area (Å²) in [5.74, 6) is 0.315. The molecule has 4 N–H and O–H groups in total. The van der Waals surface area contributed by atoms with E-state index in [2.05, 4.69) is 10.2 Å². The lowest BCUT2D eigenvalue weighted by molar-refractivity contribution is 0.140. The number of phenolic OH excluding ortho intramolecular Hbond substituents is 1. The zero-order chi connectivity index (χ0) is 17.6. The molecule has 0 radical (unpaired) electrons. The van der Waals surface area contributed by atoms with Gasteiger partial charge in [0.1, 0.15) is 5.75 Å². The fraction of sp³-hybridized carbons (Fsp3) is 0.632. The summed E-state index contributed by atoms with van der Waals surface area (Å²) in [6, 6.07) is 7.92. The Hall–Kier alpha value is -1.79. The summed E-state index contributed by atoms with van der Waals surface area (Å²) in [6.45, 7) is 4.14. The van der Waals surface area contributed by atoms with Crippen LogP contribution < -0.4 is 11.1 Å². The lowest BCUT2D eigenvalue weighted by Crippen LogP contribution is -2.54. The van der Waals surface area contributed by atoms with Gasteiger partial charge in [-0.1, -0.05) is 12.1 Å². The maximum Gasteiger partial charge on any atom is 0.317 e. The van der Waals surface area contributed by atoms with Crippen molar-refractivity contribution in [2.24, 2.45) is 5.73 Å². The Morgan fingerprint density at radius 1 is 1.20 bits per heavy atom. The first kappa shape index (κ1) is 18.0. The number of likely N-dealkylation sites (tertiary alicyclic amines) is 2. The van der Waals surface area contributed by atoms with Crippen LogP contribution in [0.25, 0.3) is 0 Å². The Kier molecular flexibility index (Phi) is 6.15. The first-order valence-electron chi connectivity index (χ1n) is 9.43. The number of nitrogens with zero attached hydrogens (tertiary/aromatic N) is 2. The second-order valence-corrected chi connectivity index (χ2v) is 7.25. The van der Waals surface area contributed by atoms with Crippen LogP contribution in [0.15, 0.2) is 24.3 Å². The predicted molar refractivity (Wildman–Crippen MR) is 98.3 cm³/mol. The monoisotopic (exact) mass is 346 g/mol. The molecule has 6 nitrogen and oxygen atoms in total. The number of piperidine rings is 2. The molecule has 2 fully saturated rings. The Bertz CT molecular complexity index is 572. The molecule has 1 unspecified atom stereocenters. The summed E-state index contributed by atoms with van der Waals surface area (Å²) in [4.78, 5) is 16.9. The molecule has 2 aliphatic heterocycles. The van der Waals surface area contributed by atoms with Gasteiger partial charge in [0, 0.05) is 44.8 Å². The molecule has 0 bridgehead atoms. The average Bonchev–Trinajstić information content (AvgIpc) is 2.63. The quantitative estimate of drug-likeness (QED) is 0.777. The highest BCUT2D eigenvalue weighted by molar-refractivity contribution is 5.75. The average molecular weight is 346 g/mol. The molecule has 138 valence electrons. The number of rotatable bonds is 4. The minimum absolute atomic E-state index is 0.0570. The molecule has 0 aromatic heterocycles. The third-order valence-corrected chi connectivity index (χ3v) is 5.39. The zero-order valence-corrected chi connectivity index (χ0v) is 14.9. The number of urea groups is 1. The molecular weight excluding hydrogens is 316 g/mol. The Labute approximate surface area is 150 Å². The molecule has 6 heteroatoms. The van der Waals surface area contributed by atoms with E-state index >= 15 is 0 Å². The molecule has 0 aliphatic carbocycles. The SMILES string of the molecule is NCC1CCCCN1C(=O)NC1CCN(Cc2cccc(O)c2)CC1. The van der Waals surface area contributed by atoms with Crippen LogP contribution >= 0.6 is 0 Å². The van der Waals surface area contributed by atoms with E-state index in [1.165, 1.54) is 6.42 Å². The van der Waals surface area contributed by atoms with Gasteiger partial charge in [0.05, 0.1) is 0 Å². The number of nitrogens with two attached hydrogens (primary N) is 1. The van der Waals surface area contributed by atoms with Crippen molar-refractivity contribution in [3.8, 4) is 5.75 Å². The van der Waals surface area contributed by atoms with E-state index in [1.54, 1.807) is 6.07 Å². The second kappa shape index (κ2) is 8.54. The van der Waals surface area contributed by atoms with Crippen molar-refractivity contribution in [2.45, 2.75) is 50.7 Å². The van der Waals surface area contributed by atoms with Gasteiger partial charge in [0.15, 0.2) is 0 Å². The van der Waals surface area contributed by atoms with Gasteiger partial charge in [0.25, 0.3) is 0 Å². The zero-order valence-electron chi connectivity index (χ0n) is 14.9. The number of phenols is 1. The standard InChI is InChI=1S/C19H30N4O2/c20-13-17-5-1-2-9-23(17)19(25)21-16-7-10-22(11-8-16)14-15-4-3-6-18(24)12-15/h3-4,6,12,16-17,24H,1-2,5,7-11,13-14,20H2,(H,21,25). The lowest BCUT2D eigenvalue weighted by Gasteiger charge is -2.38. The number of amides is 2. The minimum Gasteiger partial charge on any atom is -0.508 e. The van der Waals surface area contributed by atoms with E-state index in [-0.39, 0.29) is 18.1 Å². The molecule has 2 saturated heterocycles. The van der Waals surface area contributed by atoms with Gasteiger partial charge in [0.2, 0.25) is 0 Å². The third kappa shape index (κ3) is 4.86. The lowest BCUT2D eigenvalue weighted by atomic mass is 10.0. The number of hydrogen-bond donors (Lipinski definition) is 3. The molecule has 25 heavy (non-hydrogen) atoms.